The van der Waals surface area contributed by atoms with E-state index in [2.05, 4.69) is 0 Å². The maximum atomic E-state index is 13.3. The number of hydrogen-bond donors (Lipinski definition) is 2. The van der Waals surface area contributed by atoms with Gasteiger partial charge in [-0.05, 0) is 48.4 Å². The van der Waals surface area contributed by atoms with E-state index in [-0.39, 0.29) is 25.1 Å². The monoisotopic (exact) mass is 486 g/mol. The second kappa shape index (κ2) is 9.14. The zero-order chi connectivity index (χ0) is 23.6. The first-order valence-corrected chi connectivity index (χ1v) is 13.1. The summed E-state index contributed by atoms with van der Waals surface area (Å²) in [7, 11) is -7.65. The van der Waals surface area contributed by atoms with E-state index in [1.54, 1.807) is 0 Å². The number of hydroxylamine groups is 1. The van der Waals surface area contributed by atoms with E-state index >= 15 is 0 Å². The molecule has 0 aromatic heterocycles. The summed E-state index contributed by atoms with van der Waals surface area (Å²) in [5.41, 5.74) is 1.73. The molecule has 1 unspecified atom stereocenters. The van der Waals surface area contributed by atoms with Gasteiger partial charge in [0.05, 0.1) is 18.4 Å². The van der Waals surface area contributed by atoms with E-state index in [1.165, 1.54) is 54.0 Å². The van der Waals surface area contributed by atoms with Gasteiger partial charge in [0.2, 0.25) is 15.9 Å². The molecule has 0 spiro atoms. The Balaban J connectivity index is 1.99. The van der Waals surface area contributed by atoms with Crippen LogP contribution in [-0.2, 0) is 29.4 Å². The van der Waals surface area contributed by atoms with Crippen LogP contribution < -0.4 is 10.2 Å². The summed E-state index contributed by atoms with van der Waals surface area (Å²) in [5, 5.41) is 9.03. The molecule has 1 fully saturated rings. The molecular formula is C20H23FN2O7S2. The van der Waals surface area contributed by atoms with Gasteiger partial charge in [0.25, 0.3) is 0 Å². The van der Waals surface area contributed by atoms with Gasteiger partial charge in [0, 0.05) is 13.1 Å². The van der Waals surface area contributed by atoms with E-state index in [1.807, 2.05) is 0 Å². The molecule has 1 aliphatic heterocycles. The number of nitrogens with zero attached hydrogens (tertiary/aromatic N) is 1. The number of sulfone groups is 1. The second-order valence-corrected chi connectivity index (χ2v) is 11.9. The summed E-state index contributed by atoms with van der Waals surface area (Å²) in [5.74, 6) is -1.08. The molecule has 1 atom stereocenters. The first kappa shape index (κ1) is 24.1. The minimum atomic E-state index is -4.01. The Kier molecular flexibility index (Phi) is 6.89. The number of carbonyl (C=O) groups excluding carboxylic acids is 1. The van der Waals surface area contributed by atoms with Gasteiger partial charge >= 0.3 is 0 Å². The van der Waals surface area contributed by atoms with Gasteiger partial charge in [-0.25, -0.2) is 31.0 Å². The second-order valence-electron chi connectivity index (χ2n) is 7.52. The van der Waals surface area contributed by atoms with Crippen LogP contribution >= 0.6 is 0 Å². The summed E-state index contributed by atoms with van der Waals surface area (Å²) < 4.78 is 68.6. The number of halogens is 1. The van der Waals surface area contributed by atoms with E-state index in [4.69, 9.17) is 9.94 Å². The lowest BCUT2D eigenvalue weighted by atomic mass is 9.90. The van der Waals surface area contributed by atoms with Gasteiger partial charge in [-0.1, -0.05) is 12.1 Å². The highest BCUT2D eigenvalue weighted by atomic mass is 32.2. The number of carbonyl (C=O) groups is 1. The van der Waals surface area contributed by atoms with Gasteiger partial charge in [-0.2, -0.15) is 0 Å². The standard InChI is InChI=1S/C20H23FN2O7S2/c1-31(26,27)23-11-10-20(14-19(24)22-25,32(28,29)13-12-23)15-2-6-17(7-3-15)30-18-8-4-16(21)5-9-18/h2-9,25H,10-14H2,1H3,(H,22,24). The molecule has 2 aromatic carbocycles. The maximum absolute atomic E-state index is 13.3. The van der Waals surface area contributed by atoms with E-state index in [0.29, 0.717) is 11.5 Å². The Labute approximate surface area is 185 Å². The Morgan fingerprint density at radius 3 is 2.22 bits per heavy atom. The lowest BCUT2D eigenvalue weighted by Crippen LogP contribution is -2.42. The number of benzene rings is 2. The van der Waals surface area contributed by atoms with Gasteiger partial charge in [0.1, 0.15) is 22.1 Å². The third-order valence-electron chi connectivity index (χ3n) is 5.44. The molecule has 1 amide bonds. The van der Waals surface area contributed by atoms with Crippen molar-refractivity contribution in [1.29, 1.82) is 0 Å². The Hall–Kier alpha value is -2.54. The number of rotatable bonds is 6. The van der Waals surface area contributed by atoms with E-state index in [0.717, 1.165) is 10.6 Å². The van der Waals surface area contributed by atoms with E-state index in [9.17, 15) is 26.0 Å². The van der Waals surface area contributed by atoms with E-state index < -0.39 is 48.5 Å². The molecular weight excluding hydrogens is 463 g/mol. The third-order valence-corrected chi connectivity index (χ3v) is 9.24. The van der Waals surface area contributed by atoms with Crippen molar-refractivity contribution in [3.05, 3.63) is 59.9 Å². The molecule has 0 radical (unpaired) electrons. The lowest BCUT2D eigenvalue weighted by molar-refractivity contribution is -0.130. The fraction of sp³-hybridized carbons (Fsp3) is 0.350. The number of hydrogen-bond acceptors (Lipinski definition) is 7. The quantitative estimate of drug-likeness (QED) is 0.470. The highest BCUT2D eigenvalue weighted by Gasteiger charge is 2.49. The third kappa shape index (κ3) is 5.09. The Bertz CT molecular complexity index is 1180. The largest absolute Gasteiger partial charge is 0.457 e. The van der Waals surface area contributed by atoms with Crippen LogP contribution in [0.1, 0.15) is 18.4 Å². The van der Waals surface area contributed by atoms with Crippen LogP contribution in [0.15, 0.2) is 48.5 Å². The van der Waals surface area contributed by atoms with Crippen LogP contribution in [-0.4, -0.2) is 57.4 Å². The Morgan fingerprint density at radius 1 is 1.12 bits per heavy atom. The fourth-order valence-electron chi connectivity index (χ4n) is 3.71. The molecule has 2 aromatic rings. The molecule has 32 heavy (non-hydrogen) atoms. The van der Waals surface area contributed by atoms with Crippen molar-refractivity contribution in [2.45, 2.75) is 17.6 Å². The minimum absolute atomic E-state index is 0.107. The molecule has 0 aliphatic carbocycles. The van der Waals surface area contributed by atoms with Crippen molar-refractivity contribution in [3.63, 3.8) is 0 Å². The molecule has 0 bridgehead atoms. The van der Waals surface area contributed by atoms with Crippen LogP contribution in [0.5, 0.6) is 11.5 Å². The summed E-state index contributed by atoms with van der Waals surface area (Å²) >= 11 is 0. The summed E-state index contributed by atoms with van der Waals surface area (Å²) in [6, 6.07) is 11.3. The molecule has 1 aliphatic rings. The maximum Gasteiger partial charge on any atom is 0.245 e. The van der Waals surface area contributed by atoms with Crippen LogP contribution in [0, 0.1) is 5.82 Å². The molecule has 1 heterocycles. The summed E-state index contributed by atoms with van der Waals surface area (Å²) in [4.78, 5) is 12.1. The highest BCUT2D eigenvalue weighted by molar-refractivity contribution is 7.92. The first-order valence-electron chi connectivity index (χ1n) is 9.61. The lowest BCUT2D eigenvalue weighted by Gasteiger charge is -2.32. The van der Waals surface area contributed by atoms with Crippen LogP contribution in [0.3, 0.4) is 0 Å². The van der Waals surface area contributed by atoms with Crippen molar-refractivity contribution in [3.8, 4) is 11.5 Å². The Morgan fingerprint density at radius 2 is 1.69 bits per heavy atom. The molecule has 0 saturated carbocycles. The molecule has 174 valence electrons. The van der Waals surface area contributed by atoms with Crippen LogP contribution in [0.4, 0.5) is 4.39 Å². The number of sulfonamides is 1. The van der Waals surface area contributed by atoms with Crippen molar-refractivity contribution < 1.29 is 36.0 Å². The highest BCUT2D eigenvalue weighted by Crippen LogP contribution is 2.41. The van der Waals surface area contributed by atoms with Crippen LogP contribution in [0.25, 0.3) is 0 Å². The summed E-state index contributed by atoms with van der Waals surface area (Å²) in [6.45, 7) is -0.333. The minimum Gasteiger partial charge on any atom is -0.457 e. The number of amides is 1. The van der Waals surface area contributed by atoms with Crippen molar-refractivity contribution in [1.82, 2.24) is 9.79 Å². The van der Waals surface area contributed by atoms with Gasteiger partial charge in [-0.15, -0.1) is 0 Å². The zero-order valence-corrected chi connectivity index (χ0v) is 18.8. The topological polar surface area (TPSA) is 130 Å². The predicted molar refractivity (Wildman–Crippen MR) is 114 cm³/mol. The smallest absolute Gasteiger partial charge is 0.245 e. The SMILES string of the molecule is CS(=O)(=O)N1CCC(CC(=O)NO)(c2ccc(Oc3ccc(F)cc3)cc2)S(=O)(=O)CC1. The predicted octanol–water partition coefficient (Wildman–Crippen LogP) is 1.79. The van der Waals surface area contributed by atoms with Crippen molar-refractivity contribution >= 4 is 25.8 Å². The fourth-order valence-corrected chi connectivity index (χ4v) is 6.77. The van der Waals surface area contributed by atoms with Gasteiger partial charge in [-0.3, -0.25) is 10.0 Å². The first-order chi connectivity index (χ1) is 15.0. The molecule has 1 saturated heterocycles. The van der Waals surface area contributed by atoms with Crippen molar-refractivity contribution in [2.75, 3.05) is 25.1 Å². The zero-order valence-electron chi connectivity index (χ0n) is 17.2. The molecule has 3 rings (SSSR count). The average molecular weight is 487 g/mol. The normalized spacial score (nSPS) is 21.5. The molecule has 12 heteroatoms. The number of nitrogens with one attached hydrogen (secondary N) is 1. The number of ether oxygens (including phenoxy) is 1. The summed E-state index contributed by atoms with van der Waals surface area (Å²) in [6.07, 6.45) is 0.240. The van der Waals surface area contributed by atoms with Crippen LogP contribution in [0.2, 0.25) is 0 Å². The molecule has 9 nitrogen and oxygen atoms in total. The molecule has 2 N–H and O–H groups in total. The average Bonchev–Trinajstić information content (AvgIpc) is 2.86. The van der Waals surface area contributed by atoms with Crippen molar-refractivity contribution in [2.24, 2.45) is 0 Å². The van der Waals surface area contributed by atoms with Gasteiger partial charge < -0.3 is 4.74 Å². The van der Waals surface area contributed by atoms with Gasteiger partial charge in [0.15, 0.2) is 9.84 Å².